The average Bonchev–Trinajstić information content (AvgIpc) is 3.17. The third kappa shape index (κ3) is 4.29. The van der Waals surface area contributed by atoms with Gasteiger partial charge in [0.2, 0.25) is 5.91 Å². The van der Waals surface area contributed by atoms with Crippen molar-refractivity contribution >= 4 is 50.6 Å². The maximum absolute atomic E-state index is 12.2. The van der Waals surface area contributed by atoms with E-state index < -0.39 is 0 Å². The lowest BCUT2D eigenvalue weighted by Crippen LogP contribution is -2.47. The molecule has 0 saturated carbocycles. The standard InChI is InChI=1S/C16H17BrN2OS2/c17-15-3-1-14(22-15)2-4-16(20)19-8-6-18(7-9-19)11-13-5-10-21-12-13/h1-5,10,12H,6-9,11H2/b4-2+. The first-order chi connectivity index (χ1) is 10.7. The van der Waals surface area contributed by atoms with Gasteiger partial charge in [0.05, 0.1) is 3.79 Å². The summed E-state index contributed by atoms with van der Waals surface area (Å²) in [6.07, 6.45) is 3.59. The number of nitrogens with zero attached hydrogens (tertiary/aromatic N) is 2. The molecule has 0 bridgehead atoms. The topological polar surface area (TPSA) is 23.6 Å². The second-order valence-electron chi connectivity index (χ2n) is 5.21. The van der Waals surface area contributed by atoms with Crippen molar-refractivity contribution in [3.05, 3.63) is 49.3 Å². The Morgan fingerprint density at radius 3 is 2.68 bits per heavy atom. The zero-order valence-corrected chi connectivity index (χ0v) is 15.3. The maximum atomic E-state index is 12.2. The lowest BCUT2D eigenvalue weighted by atomic mass is 10.2. The minimum atomic E-state index is 0.111. The molecule has 6 heteroatoms. The van der Waals surface area contributed by atoms with Gasteiger partial charge < -0.3 is 4.90 Å². The Balaban J connectivity index is 1.48. The predicted octanol–water partition coefficient (Wildman–Crippen LogP) is 3.93. The molecule has 2 aromatic rings. The largest absolute Gasteiger partial charge is 0.337 e. The van der Waals surface area contributed by atoms with Crippen molar-refractivity contribution in [1.82, 2.24) is 9.80 Å². The third-order valence-corrected chi connectivity index (χ3v) is 5.98. The van der Waals surface area contributed by atoms with Crippen LogP contribution in [0.4, 0.5) is 0 Å². The number of rotatable bonds is 4. The van der Waals surface area contributed by atoms with E-state index in [2.05, 4.69) is 37.7 Å². The van der Waals surface area contributed by atoms with Gasteiger partial charge in [-0.2, -0.15) is 11.3 Å². The summed E-state index contributed by atoms with van der Waals surface area (Å²) in [6.45, 7) is 4.49. The van der Waals surface area contributed by atoms with Crippen molar-refractivity contribution in [3.63, 3.8) is 0 Å². The maximum Gasteiger partial charge on any atom is 0.246 e. The SMILES string of the molecule is O=C(/C=C/c1ccc(Br)s1)N1CCN(Cc2ccsc2)CC1. The van der Waals surface area contributed by atoms with Crippen LogP contribution in [0.5, 0.6) is 0 Å². The fourth-order valence-corrected chi connectivity index (χ4v) is 4.43. The summed E-state index contributed by atoms with van der Waals surface area (Å²) in [5.41, 5.74) is 1.37. The normalized spacial score (nSPS) is 16.5. The van der Waals surface area contributed by atoms with E-state index in [-0.39, 0.29) is 5.91 Å². The van der Waals surface area contributed by atoms with Crippen molar-refractivity contribution < 1.29 is 4.79 Å². The summed E-state index contributed by atoms with van der Waals surface area (Å²) in [4.78, 5) is 17.7. The zero-order valence-electron chi connectivity index (χ0n) is 12.1. The summed E-state index contributed by atoms with van der Waals surface area (Å²) in [7, 11) is 0. The van der Waals surface area contributed by atoms with Gasteiger partial charge in [-0.25, -0.2) is 0 Å². The van der Waals surface area contributed by atoms with Gasteiger partial charge in [0, 0.05) is 43.7 Å². The zero-order chi connectivity index (χ0) is 15.4. The molecule has 3 nitrogen and oxygen atoms in total. The van der Waals surface area contributed by atoms with Crippen molar-refractivity contribution in [3.8, 4) is 0 Å². The van der Waals surface area contributed by atoms with E-state index in [1.54, 1.807) is 28.7 Å². The molecule has 0 atom stereocenters. The second kappa shape index (κ2) is 7.55. The Kier molecular flexibility index (Phi) is 5.46. The Morgan fingerprint density at radius 1 is 1.23 bits per heavy atom. The van der Waals surface area contributed by atoms with Crippen LogP contribution in [0.25, 0.3) is 6.08 Å². The molecular weight excluding hydrogens is 380 g/mol. The molecule has 3 heterocycles. The van der Waals surface area contributed by atoms with E-state index in [0.717, 1.165) is 41.4 Å². The number of carbonyl (C=O) groups excluding carboxylic acids is 1. The minimum Gasteiger partial charge on any atom is -0.337 e. The highest BCUT2D eigenvalue weighted by molar-refractivity contribution is 9.11. The van der Waals surface area contributed by atoms with Crippen LogP contribution in [-0.4, -0.2) is 41.9 Å². The fourth-order valence-electron chi connectivity index (χ4n) is 2.44. The Labute approximate surface area is 147 Å². The van der Waals surface area contributed by atoms with Crippen LogP contribution in [-0.2, 0) is 11.3 Å². The fraction of sp³-hybridized carbons (Fsp3) is 0.312. The third-order valence-electron chi connectivity index (χ3n) is 3.65. The first-order valence-electron chi connectivity index (χ1n) is 7.16. The predicted molar refractivity (Wildman–Crippen MR) is 97.2 cm³/mol. The van der Waals surface area contributed by atoms with Crippen LogP contribution < -0.4 is 0 Å². The first kappa shape index (κ1) is 15.9. The summed E-state index contributed by atoms with van der Waals surface area (Å²) in [5.74, 6) is 0.111. The van der Waals surface area contributed by atoms with E-state index in [4.69, 9.17) is 0 Å². The highest BCUT2D eigenvalue weighted by Crippen LogP contribution is 2.23. The van der Waals surface area contributed by atoms with Crippen molar-refractivity contribution in [1.29, 1.82) is 0 Å². The average molecular weight is 397 g/mol. The first-order valence-corrected chi connectivity index (χ1v) is 9.72. The van der Waals surface area contributed by atoms with E-state index in [0.29, 0.717) is 0 Å². The van der Waals surface area contributed by atoms with E-state index in [1.807, 2.05) is 23.1 Å². The highest BCUT2D eigenvalue weighted by Gasteiger charge is 2.19. The van der Waals surface area contributed by atoms with Crippen molar-refractivity contribution in [2.45, 2.75) is 6.54 Å². The highest BCUT2D eigenvalue weighted by atomic mass is 79.9. The van der Waals surface area contributed by atoms with Crippen LogP contribution in [0, 0.1) is 0 Å². The van der Waals surface area contributed by atoms with Gasteiger partial charge in [-0.1, -0.05) is 0 Å². The molecular formula is C16H17BrN2OS2. The van der Waals surface area contributed by atoms with Crippen LogP contribution >= 0.6 is 38.6 Å². The molecule has 0 unspecified atom stereocenters. The molecule has 116 valence electrons. The second-order valence-corrected chi connectivity index (χ2v) is 8.48. The molecule has 0 radical (unpaired) electrons. The molecule has 2 aromatic heterocycles. The molecule has 3 rings (SSSR count). The van der Waals surface area contributed by atoms with Gasteiger partial charge >= 0.3 is 0 Å². The quantitative estimate of drug-likeness (QED) is 0.730. The van der Waals surface area contributed by atoms with Gasteiger partial charge in [-0.05, 0) is 56.5 Å². The number of amides is 1. The van der Waals surface area contributed by atoms with Gasteiger partial charge in [0.25, 0.3) is 0 Å². The molecule has 1 aliphatic rings. The summed E-state index contributed by atoms with van der Waals surface area (Å²) < 4.78 is 1.08. The number of hydrogen-bond donors (Lipinski definition) is 0. The lowest BCUT2D eigenvalue weighted by Gasteiger charge is -2.34. The summed E-state index contributed by atoms with van der Waals surface area (Å²) in [5, 5.41) is 4.31. The van der Waals surface area contributed by atoms with Gasteiger partial charge in [-0.3, -0.25) is 9.69 Å². The number of thiophene rings is 2. The molecule has 0 aromatic carbocycles. The molecule has 1 amide bonds. The molecule has 0 spiro atoms. The Hall–Kier alpha value is -0.950. The lowest BCUT2D eigenvalue weighted by molar-refractivity contribution is -0.127. The van der Waals surface area contributed by atoms with Crippen LogP contribution in [0.3, 0.4) is 0 Å². The summed E-state index contributed by atoms with van der Waals surface area (Å²) in [6, 6.07) is 6.18. The summed E-state index contributed by atoms with van der Waals surface area (Å²) >= 11 is 6.80. The monoisotopic (exact) mass is 396 g/mol. The molecule has 1 fully saturated rings. The van der Waals surface area contributed by atoms with Crippen molar-refractivity contribution in [2.75, 3.05) is 26.2 Å². The molecule has 0 aliphatic carbocycles. The smallest absolute Gasteiger partial charge is 0.246 e. The van der Waals surface area contributed by atoms with Crippen molar-refractivity contribution in [2.24, 2.45) is 0 Å². The number of hydrogen-bond acceptors (Lipinski definition) is 4. The van der Waals surface area contributed by atoms with E-state index >= 15 is 0 Å². The minimum absolute atomic E-state index is 0.111. The Morgan fingerprint density at radius 2 is 2.05 bits per heavy atom. The number of halogens is 1. The number of piperazine rings is 1. The van der Waals surface area contributed by atoms with Gasteiger partial charge in [0.15, 0.2) is 0 Å². The Bertz CT molecular complexity index is 643. The molecule has 1 saturated heterocycles. The molecule has 22 heavy (non-hydrogen) atoms. The van der Waals surface area contributed by atoms with E-state index in [1.165, 1.54) is 5.56 Å². The van der Waals surface area contributed by atoms with Gasteiger partial charge in [-0.15, -0.1) is 11.3 Å². The van der Waals surface area contributed by atoms with Crippen LogP contribution in [0.2, 0.25) is 0 Å². The molecule has 0 N–H and O–H groups in total. The van der Waals surface area contributed by atoms with Gasteiger partial charge in [0.1, 0.15) is 0 Å². The van der Waals surface area contributed by atoms with Crippen LogP contribution in [0.1, 0.15) is 10.4 Å². The van der Waals surface area contributed by atoms with Crippen LogP contribution in [0.15, 0.2) is 38.8 Å². The number of carbonyl (C=O) groups is 1. The van der Waals surface area contributed by atoms with E-state index in [9.17, 15) is 4.79 Å². The molecule has 1 aliphatic heterocycles.